The van der Waals surface area contributed by atoms with Gasteiger partial charge in [0.05, 0.1) is 0 Å². The zero-order valence-corrected chi connectivity index (χ0v) is 10.6. The zero-order chi connectivity index (χ0) is 11.8. The van der Waals surface area contributed by atoms with Gasteiger partial charge in [0, 0.05) is 0 Å². The predicted molar refractivity (Wildman–Crippen MR) is 71.2 cm³/mol. The fraction of sp³-hybridized carbons (Fsp3) is 0.333. The van der Waals surface area contributed by atoms with Crippen LogP contribution in [0.4, 0.5) is 0 Å². The van der Waals surface area contributed by atoms with Gasteiger partial charge >= 0.3 is 0 Å². The van der Waals surface area contributed by atoms with Gasteiger partial charge in [-0.1, -0.05) is 50.8 Å². The van der Waals surface area contributed by atoms with Gasteiger partial charge in [-0.3, -0.25) is 0 Å². The van der Waals surface area contributed by atoms with Crippen LogP contribution >= 0.6 is 0 Å². The van der Waals surface area contributed by atoms with Crippen molar-refractivity contribution in [1.29, 1.82) is 0 Å². The lowest BCUT2D eigenvalue weighted by molar-refractivity contribution is 1.29. The van der Waals surface area contributed by atoms with E-state index in [1.165, 1.54) is 22.3 Å². The van der Waals surface area contributed by atoms with Crippen molar-refractivity contribution in [3.8, 4) is 0 Å². The van der Waals surface area contributed by atoms with Gasteiger partial charge < -0.3 is 0 Å². The van der Waals surface area contributed by atoms with Crippen molar-refractivity contribution in [1.82, 2.24) is 0 Å². The molecule has 0 spiro atoms. The topological polar surface area (TPSA) is 0 Å². The number of benzene rings is 1. The van der Waals surface area contributed by atoms with Crippen molar-refractivity contribution >= 4 is 6.08 Å². The van der Waals surface area contributed by atoms with Crippen molar-refractivity contribution < 1.29 is 0 Å². The van der Waals surface area contributed by atoms with Crippen LogP contribution in [0.25, 0.3) is 6.08 Å². The second-order valence-electron chi connectivity index (χ2n) is 3.39. The Morgan fingerprint density at radius 3 is 2.00 bits per heavy atom. The molecule has 82 valence electrons. The first-order valence-electron chi connectivity index (χ1n) is 5.52. The van der Waals surface area contributed by atoms with E-state index in [-0.39, 0.29) is 0 Å². The highest BCUT2D eigenvalue weighted by atomic mass is 14.0. The minimum Gasteiger partial charge on any atom is -0.0991 e. The van der Waals surface area contributed by atoms with E-state index >= 15 is 0 Å². The van der Waals surface area contributed by atoms with E-state index in [0.717, 1.165) is 0 Å². The summed E-state index contributed by atoms with van der Waals surface area (Å²) in [7, 11) is 0. The summed E-state index contributed by atoms with van der Waals surface area (Å²) in [6, 6.07) is 4.43. The molecule has 1 aromatic carbocycles. The van der Waals surface area contributed by atoms with E-state index in [9.17, 15) is 0 Å². The average molecular weight is 202 g/mol. The molecule has 0 aliphatic carbocycles. The van der Waals surface area contributed by atoms with E-state index in [1.807, 2.05) is 19.9 Å². The Morgan fingerprint density at radius 1 is 0.933 bits per heavy atom. The molecule has 0 aromatic heterocycles. The lowest BCUT2D eigenvalue weighted by Gasteiger charge is -2.05. The second-order valence-corrected chi connectivity index (χ2v) is 3.39. The molecule has 0 amide bonds. The number of hydrogen-bond donors (Lipinski definition) is 0. The Hall–Kier alpha value is -1.30. The number of hydrogen-bond acceptors (Lipinski definition) is 0. The summed E-state index contributed by atoms with van der Waals surface area (Å²) < 4.78 is 0. The van der Waals surface area contributed by atoms with E-state index in [4.69, 9.17) is 0 Å². The Labute approximate surface area is 94.3 Å². The standard InChI is InChI=1S/C13H16.C2H6/c1-5-6-7-13-9-11(3)10(2)8-12(13)4;1-2/h5-9H,1H2,2-4H3;1-2H3/b7-6-;. The molecule has 0 saturated heterocycles. The molecule has 0 heterocycles. The first-order valence-corrected chi connectivity index (χ1v) is 5.52. The molecule has 1 aromatic rings. The minimum absolute atomic E-state index is 1.28. The first-order chi connectivity index (χ1) is 7.15. The van der Waals surface area contributed by atoms with Crippen molar-refractivity contribution in [3.63, 3.8) is 0 Å². The SMILES string of the molecule is C=C/C=C\c1cc(C)c(C)cc1C.CC. The molecular formula is C15H22. The summed E-state index contributed by atoms with van der Waals surface area (Å²) in [5.74, 6) is 0. The summed E-state index contributed by atoms with van der Waals surface area (Å²) in [6.07, 6.45) is 5.86. The molecule has 0 nitrogen and oxygen atoms in total. The van der Waals surface area contributed by atoms with E-state index in [0.29, 0.717) is 0 Å². The van der Waals surface area contributed by atoms with Crippen molar-refractivity contribution in [2.24, 2.45) is 0 Å². The summed E-state index contributed by atoms with van der Waals surface area (Å²) >= 11 is 0. The molecule has 0 saturated carbocycles. The highest BCUT2D eigenvalue weighted by Gasteiger charge is 1.97. The van der Waals surface area contributed by atoms with Crippen LogP contribution in [0.2, 0.25) is 0 Å². The smallest absolute Gasteiger partial charge is 0.0225 e. The molecule has 0 unspecified atom stereocenters. The predicted octanol–water partition coefficient (Wildman–Crippen LogP) is 4.84. The van der Waals surface area contributed by atoms with Gasteiger partial charge in [-0.15, -0.1) is 0 Å². The van der Waals surface area contributed by atoms with Gasteiger partial charge in [0.25, 0.3) is 0 Å². The summed E-state index contributed by atoms with van der Waals surface area (Å²) in [4.78, 5) is 0. The van der Waals surface area contributed by atoms with Crippen molar-refractivity contribution in [2.45, 2.75) is 34.6 Å². The highest BCUT2D eigenvalue weighted by molar-refractivity contribution is 5.57. The number of aryl methyl sites for hydroxylation is 3. The Bertz CT molecular complexity index is 343. The molecular weight excluding hydrogens is 180 g/mol. The molecule has 0 atom stereocenters. The van der Waals surface area contributed by atoms with Gasteiger partial charge in [0.1, 0.15) is 0 Å². The molecule has 15 heavy (non-hydrogen) atoms. The lowest BCUT2D eigenvalue weighted by atomic mass is 10.0. The first kappa shape index (κ1) is 13.7. The third-order valence-corrected chi connectivity index (χ3v) is 2.29. The van der Waals surface area contributed by atoms with Crippen molar-refractivity contribution in [2.75, 3.05) is 0 Å². The van der Waals surface area contributed by atoms with E-state index in [1.54, 1.807) is 6.08 Å². The van der Waals surface area contributed by atoms with Crippen LogP contribution in [0.5, 0.6) is 0 Å². The van der Waals surface area contributed by atoms with Gasteiger partial charge in [-0.2, -0.15) is 0 Å². The van der Waals surface area contributed by atoms with Crippen LogP contribution < -0.4 is 0 Å². The van der Waals surface area contributed by atoms with Crippen LogP contribution in [-0.4, -0.2) is 0 Å². The largest absolute Gasteiger partial charge is 0.0991 e. The van der Waals surface area contributed by atoms with Gasteiger partial charge in [-0.05, 0) is 43.0 Å². The Balaban J connectivity index is 0.000000921. The van der Waals surface area contributed by atoms with Crippen LogP contribution in [0, 0.1) is 20.8 Å². The van der Waals surface area contributed by atoms with Gasteiger partial charge in [0.15, 0.2) is 0 Å². The van der Waals surface area contributed by atoms with Gasteiger partial charge in [0.2, 0.25) is 0 Å². The Kier molecular flexibility index (Phi) is 6.44. The average Bonchev–Trinajstić information content (AvgIpc) is 2.24. The maximum Gasteiger partial charge on any atom is -0.0225 e. The van der Waals surface area contributed by atoms with Crippen molar-refractivity contribution in [3.05, 3.63) is 53.1 Å². The maximum absolute atomic E-state index is 3.66. The third-order valence-electron chi connectivity index (χ3n) is 2.29. The number of allylic oxidation sites excluding steroid dienone is 2. The molecule has 0 heteroatoms. The molecule has 0 bridgehead atoms. The van der Waals surface area contributed by atoms with Gasteiger partial charge in [-0.25, -0.2) is 0 Å². The zero-order valence-electron chi connectivity index (χ0n) is 10.6. The molecule has 0 aliphatic heterocycles. The molecule has 0 radical (unpaired) electrons. The summed E-state index contributed by atoms with van der Waals surface area (Å²) in [6.45, 7) is 14.1. The fourth-order valence-corrected chi connectivity index (χ4v) is 1.33. The van der Waals surface area contributed by atoms with E-state index in [2.05, 4.69) is 45.6 Å². The molecule has 1 rings (SSSR count). The molecule has 0 aliphatic rings. The Morgan fingerprint density at radius 2 is 1.47 bits per heavy atom. The second kappa shape index (κ2) is 7.05. The highest BCUT2D eigenvalue weighted by Crippen LogP contribution is 2.16. The lowest BCUT2D eigenvalue weighted by Crippen LogP contribution is -1.86. The van der Waals surface area contributed by atoms with Crippen LogP contribution in [0.15, 0.2) is 30.9 Å². The number of rotatable bonds is 2. The quantitative estimate of drug-likeness (QED) is 0.602. The minimum atomic E-state index is 1.28. The maximum atomic E-state index is 3.66. The van der Waals surface area contributed by atoms with Crippen LogP contribution in [-0.2, 0) is 0 Å². The van der Waals surface area contributed by atoms with Crippen LogP contribution in [0.3, 0.4) is 0 Å². The summed E-state index contributed by atoms with van der Waals surface area (Å²) in [5.41, 5.74) is 5.30. The monoisotopic (exact) mass is 202 g/mol. The van der Waals surface area contributed by atoms with E-state index < -0.39 is 0 Å². The fourth-order valence-electron chi connectivity index (χ4n) is 1.33. The molecule has 0 fully saturated rings. The third kappa shape index (κ3) is 4.16. The van der Waals surface area contributed by atoms with Crippen LogP contribution in [0.1, 0.15) is 36.1 Å². The normalized spacial score (nSPS) is 9.67. The molecule has 0 N–H and O–H groups in total. The summed E-state index contributed by atoms with van der Waals surface area (Å²) in [5, 5.41) is 0.